The summed E-state index contributed by atoms with van der Waals surface area (Å²) in [5.41, 5.74) is 0. The van der Waals surface area contributed by atoms with Gasteiger partial charge in [0.05, 0.1) is 6.42 Å². The van der Waals surface area contributed by atoms with Crippen LogP contribution in [0, 0.1) is 0 Å². The molecule has 0 aliphatic carbocycles. The molecule has 4 nitrogen and oxygen atoms in total. The fourth-order valence-corrected chi connectivity index (χ4v) is 1.97. The fourth-order valence-electron chi connectivity index (χ4n) is 1.18. The standard InChI is InChI=1S/C12H15NO3S/c14-11(6-7-12(15)16)13-8-9-17-10-4-2-1-3-5-10/h1-5H,6-9H2,(H,13,14)(H,15,16). The van der Waals surface area contributed by atoms with Crippen molar-refractivity contribution in [1.82, 2.24) is 5.32 Å². The molecule has 5 heteroatoms. The molecule has 92 valence electrons. The first-order chi connectivity index (χ1) is 8.18. The number of rotatable bonds is 7. The van der Waals surface area contributed by atoms with E-state index in [1.165, 1.54) is 0 Å². The van der Waals surface area contributed by atoms with Gasteiger partial charge in [-0.1, -0.05) is 18.2 Å². The highest BCUT2D eigenvalue weighted by Crippen LogP contribution is 2.15. The van der Waals surface area contributed by atoms with E-state index in [9.17, 15) is 9.59 Å². The number of benzene rings is 1. The number of carbonyl (C=O) groups excluding carboxylic acids is 1. The van der Waals surface area contributed by atoms with E-state index in [4.69, 9.17) is 5.11 Å². The molecule has 0 saturated heterocycles. The van der Waals surface area contributed by atoms with Crippen molar-refractivity contribution in [2.75, 3.05) is 12.3 Å². The molecule has 0 unspecified atom stereocenters. The second-order valence-corrected chi connectivity index (χ2v) is 4.57. The highest BCUT2D eigenvalue weighted by Gasteiger charge is 2.04. The number of hydrogen-bond donors (Lipinski definition) is 2. The highest BCUT2D eigenvalue weighted by molar-refractivity contribution is 7.99. The molecule has 0 aliphatic heterocycles. The molecule has 0 bridgehead atoms. The van der Waals surface area contributed by atoms with Crippen molar-refractivity contribution < 1.29 is 14.7 Å². The number of thioether (sulfide) groups is 1. The summed E-state index contributed by atoms with van der Waals surface area (Å²) in [5.74, 6) is -0.372. The second kappa shape index (κ2) is 7.73. The quantitative estimate of drug-likeness (QED) is 0.574. The van der Waals surface area contributed by atoms with Crippen LogP contribution < -0.4 is 5.32 Å². The molecule has 0 aliphatic rings. The minimum Gasteiger partial charge on any atom is -0.481 e. The molecule has 1 amide bonds. The normalized spacial score (nSPS) is 9.88. The molecule has 0 heterocycles. The SMILES string of the molecule is O=C(O)CCC(=O)NCCSc1ccccc1. The molecule has 0 radical (unpaired) electrons. The maximum Gasteiger partial charge on any atom is 0.303 e. The summed E-state index contributed by atoms with van der Waals surface area (Å²) in [6.07, 6.45) is -0.0665. The minimum absolute atomic E-state index is 0.0470. The number of carboxylic acids is 1. The van der Waals surface area contributed by atoms with Crippen LogP contribution in [0.5, 0.6) is 0 Å². The first-order valence-corrected chi connectivity index (χ1v) is 6.33. The lowest BCUT2D eigenvalue weighted by atomic mass is 10.3. The molecule has 1 aromatic carbocycles. The van der Waals surface area contributed by atoms with Gasteiger partial charge in [-0.15, -0.1) is 11.8 Å². The van der Waals surface area contributed by atoms with Gasteiger partial charge in [0, 0.05) is 23.6 Å². The van der Waals surface area contributed by atoms with Gasteiger partial charge in [-0.25, -0.2) is 0 Å². The second-order valence-electron chi connectivity index (χ2n) is 3.41. The van der Waals surface area contributed by atoms with Gasteiger partial charge in [0.1, 0.15) is 0 Å². The lowest BCUT2D eigenvalue weighted by molar-refractivity contribution is -0.138. The summed E-state index contributed by atoms with van der Waals surface area (Å²) in [6, 6.07) is 9.91. The fraction of sp³-hybridized carbons (Fsp3) is 0.333. The van der Waals surface area contributed by atoms with E-state index in [-0.39, 0.29) is 18.7 Å². The molecule has 1 rings (SSSR count). The van der Waals surface area contributed by atoms with Crippen LogP contribution in [0.4, 0.5) is 0 Å². The molecule has 0 saturated carbocycles. The van der Waals surface area contributed by atoms with Gasteiger partial charge in [0.2, 0.25) is 5.91 Å². The summed E-state index contributed by atoms with van der Waals surface area (Å²) < 4.78 is 0. The molecule has 2 N–H and O–H groups in total. The number of carbonyl (C=O) groups is 2. The van der Waals surface area contributed by atoms with Crippen molar-refractivity contribution in [3.05, 3.63) is 30.3 Å². The lowest BCUT2D eigenvalue weighted by Crippen LogP contribution is -2.26. The third kappa shape index (κ3) is 6.63. The predicted octanol–water partition coefficient (Wildman–Crippen LogP) is 1.76. The lowest BCUT2D eigenvalue weighted by Gasteiger charge is -2.04. The Morgan fingerprint density at radius 1 is 1.18 bits per heavy atom. The van der Waals surface area contributed by atoms with Crippen LogP contribution in [-0.4, -0.2) is 29.3 Å². The van der Waals surface area contributed by atoms with Gasteiger partial charge in [-0.05, 0) is 12.1 Å². The van der Waals surface area contributed by atoms with E-state index in [2.05, 4.69) is 5.32 Å². The highest BCUT2D eigenvalue weighted by atomic mass is 32.2. The molecule has 0 fully saturated rings. The smallest absolute Gasteiger partial charge is 0.303 e. The number of amides is 1. The van der Waals surface area contributed by atoms with E-state index in [0.717, 1.165) is 10.6 Å². The summed E-state index contributed by atoms with van der Waals surface area (Å²) >= 11 is 1.66. The van der Waals surface area contributed by atoms with Gasteiger partial charge in [-0.2, -0.15) is 0 Å². The van der Waals surface area contributed by atoms with Crippen molar-refractivity contribution in [2.24, 2.45) is 0 Å². The van der Waals surface area contributed by atoms with E-state index < -0.39 is 5.97 Å². The van der Waals surface area contributed by atoms with Crippen molar-refractivity contribution in [1.29, 1.82) is 0 Å². The Morgan fingerprint density at radius 3 is 2.53 bits per heavy atom. The van der Waals surface area contributed by atoms with Crippen LogP contribution in [0.15, 0.2) is 35.2 Å². The topological polar surface area (TPSA) is 66.4 Å². The molecule has 1 aromatic rings. The summed E-state index contributed by atoms with van der Waals surface area (Å²) in [6.45, 7) is 0.554. The van der Waals surface area contributed by atoms with Gasteiger partial charge >= 0.3 is 5.97 Å². The minimum atomic E-state index is -0.946. The average Bonchev–Trinajstić information content (AvgIpc) is 2.33. The maximum absolute atomic E-state index is 11.2. The van der Waals surface area contributed by atoms with Crippen LogP contribution in [0.2, 0.25) is 0 Å². The van der Waals surface area contributed by atoms with Crippen molar-refractivity contribution in [2.45, 2.75) is 17.7 Å². The first-order valence-electron chi connectivity index (χ1n) is 5.35. The molecule has 0 atom stereocenters. The maximum atomic E-state index is 11.2. The summed E-state index contributed by atoms with van der Waals surface area (Å²) in [5, 5.41) is 11.1. The van der Waals surface area contributed by atoms with E-state index in [1.54, 1.807) is 11.8 Å². The summed E-state index contributed by atoms with van der Waals surface area (Å²) in [7, 11) is 0. The van der Waals surface area contributed by atoms with E-state index >= 15 is 0 Å². The van der Waals surface area contributed by atoms with Crippen LogP contribution in [0.25, 0.3) is 0 Å². The molecular weight excluding hydrogens is 238 g/mol. The average molecular weight is 253 g/mol. The number of hydrogen-bond acceptors (Lipinski definition) is 3. The zero-order valence-electron chi connectivity index (χ0n) is 9.39. The largest absolute Gasteiger partial charge is 0.481 e. The third-order valence-corrected chi connectivity index (χ3v) is 3.02. The predicted molar refractivity (Wildman–Crippen MR) is 67.0 cm³/mol. The Balaban J connectivity index is 2.08. The van der Waals surface area contributed by atoms with Crippen LogP contribution >= 0.6 is 11.8 Å². The van der Waals surface area contributed by atoms with Crippen molar-refractivity contribution >= 4 is 23.6 Å². The Kier molecular flexibility index (Phi) is 6.17. The van der Waals surface area contributed by atoms with Gasteiger partial charge in [0.25, 0.3) is 0 Å². The van der Waals surface area contributed by atoms with Gasteiger partial charge in [-0.3, -0.25) is 9.59 Å². The van der Waals surface area contributed by atoms with Gasteiger partial charge in [0.15, 0.2) is 0 Å². The first kappa shape index (κ1) is 13.6. The Labute approximate surface area is 104 Å². The van der Waals surface area contributed by atoms with Gasteiger partial charge < -0.3 is 10.4 Å². The Morgan fingerprint density at radius 2 is 1.88 bits per heavy atom. The zero-order chi connectivity index (χ0) is 12.5. The van der Waals surface area contributed by atoms with E-state index in [0.29, 0.717) is 6.54 Å². The zero-order valence-corrected chi connectivity index (χ0v) is 10.2. The summed E-state index contributed by atoms with van der Waals surface area (Å²) in [4.78, 5) is 22.6. The monoisotopic (exact) mass is 253 g/mol. The van der Waals surface area contributed by atoms with Crippen LogP contribution in [0.3, 0.4) is 0 Å². The van der Waals surface area contributed by atoms with Crippen molar-refractivity contribution in [3.63, 3.8) is 0 Å². The molecule has 17 heavy (non-hydrogen) atoms. The number of aliphatic carboxylic acids is 1. The molecule has 0 aromatic heterocycles. The van der Waals surface area contributed by atoms with E-state index in [1.807, 2.05) is 30.3 Å². The molecule has 0 spiro atoms. The Bertz CT molecular complexity index is 367. The number of nitrogens with one attached hydrogen (secondary N) is 1. The van der Waals surface area contributed by atoms with Crippen LogP contribution in [0.1, 0.15) is 12.8 Å². The Hall–Kier alpha value is -1.49. The molecular formula is C12H15NO3S. The van der Waals surface area contributed by atoms with Crippen molar-refractivity contribution in [3.8, 4) is 0 Å². The third-order valence-electron chi connectivity index (χ3n) is 2.00. The van der Waals surface area contributed by atoms with Crippen LogP contribution in [-0.2, 0) is 9.59 Å². The number of carboxylic acid groups (broad SMARTS) is 1.